The Kier molecular flexibility index (Phi) is 5.36. The lowest BCUT2D eigenvalue weighted by atomic mass is 10.1. The first-order chi connectivity index (χ1) is 13.6. The molecule has 0 atom stereocenters. The van der Waals surface area contributed by atoms with Gasteiger partial charge in [0, 0.05) is 11.3 Å². The standard InChI is InChI=1S/C20H18ClN5OS/c1-27-16-8-7-14(11-15(16)21)28-20-24-17-18(22)23-12-26(19(17)25-20)10-9-13-5-3-2-4-6-13/h2-8,11-12H,9-10H2,1H3,(H2,22,24,25)/p+1. The van der Waals surface area contributed by atoms with E-state index in [4.69, 9.17) is 27.1 Å². The van der Waals surface area contributed by atoms with Crippen molar-refractivity contribution in [3.8, 4) is 5.75 Å². The zero-order valence-electron chi connectivity index (χ0n) is 15.2. The monoisotopic (exact) mass is 412 g/mol. The van der Waals surface area contributed by atoms with Gasteiger partial charge in [0.1, 0.15) is 5.75 Å². The number of methoxy groups -OCH3 is 1. The van der Waals surface area contributed by atoms with E-state index in [0.29, 0.717) is 16.6 Å². The molecular weight excluding hydrogens is 394 g/mol. The molecule has 6 nitrogen and oxygen atoms in total. The number of aromatic nitrogens is 4. The summed E-state index contributed by atoms with van der Waals surface area (Å²) in [7, 11) is 1.59. The van der Waals surface area contributed by atoms with E-state index in [1.807, 2.05) is 41.0 Å². The Morgan fingerprint density at radius 3 is 2.79 bits per heavy atom. The van der Waals surface area contributed by atoms with Gasteiger partial charge in [0.05, 0.1) is 18.7 Å². The third-order valence-corrected chi connectivity index (χ3v) is 5.52. The van der Waals surface area contributed by atoms with Gasteiger partial charge in [-0.05, 0) is 35.5 Å². The highest BCUT2D eigenvalue weighted by atomic mass is 35.5. The van der Waals surface area contributed by atoms with Gasteiger partial charge in [0.2, 0.25) is 17.3 Å². The van der Waals surface area contributed by atoms with Crippen LogP contribution in [0, 0.1) is 0 Å². The maximum absolute atomic E-state index is 6.22. The molecule has 8 heteroatoms. The van der Waals surface area contributed by atoms with Crippen molar-refractivity contribution in [2.75, 3.05) is 12.8 Å². The normalized spacial score (nSPS) is 11.1. The summed E-state index contributed by atoms with van der Waals surface area (Å²) in [4.78, 5) is 13.2. The van der Waals surface area contributed by atoms with Gasteiger partial charge >= 0.3 is 0 Å². The van der Waals surface area contributed by atoms with Crippen molar-refractivity contribution in [2.24, 2.45) is 0 Å². The second-order valence-corrected chi connectivity index (χ2v) is 7.67. The number of nitrogens with zero attached hydrogens (tertiary/aromatic N) is 3. The minimum absolute atomic E-state index is 0.429. The lowest BCUT2D eigenvalue weighted by molar-refractivity contribution is -0.675. The molecule has 0 unspecified atom stereocenters. The molecule has 0 radical (unpaired) electrons. The Hall–Kier alpha value is -2.77. The maximum Gasteiger partial charge on any atom is 0.294 e. The van der Waals surface area contributed by atoms with E-state index in [0.717, 1.165) is 34.2 Å². The summed E-state index contributed by atoms with van der Waals surface area (Å²) < 4.78 is 7.21. The van der Waals surface area contributed by atoms with Gasteiger partial charge in [-0.1, -0.05) is 51.9 Å². The van der Waals surface area contributed by atoms with Crippen LogP contribution in [0.3, 0.4) is 0 Å². The summed E-state index contributed by atoms with van der Waals surface area (Å²) in [6.07, 6.45) is 2.62. The molecule has 2 aromatic carbocycles. The van der Waals surface area contributed by atoms with Crippen LogP contribution in [0.2, 0.25) is 5.02 Å². The molecule has 0 saturated carbocycles. The van der Waals surface area contributed by atoms with Crippen molar-refractivity contribution in [2.45, 2.75) is 23.0 Å². The summed E-state index contributed by atoms with van der Waals surface area (Å²) in [5.74, 6) is 1.07. The minimum atomic E-state index is 0.429. The van der Waals surface area contributed by atoms with Crippen LogP contribution in [-0.4, -0.2) is 22.1 Å². The third-order valence-electron chi connectivity index (χ3n) is 4.35. The Morgan fingerprint density at radius 2 is 2.04 bits per heavy atom. The maximum atomic E-state index is 6.22. The van der Waals surface area contributed by atoms with Gasteiger partial charge in [-0.3, -0.25) is 0 Å². The first-order valence-electron chi connectivity index (χ1n) is 8.73. The molecular formula is C20H19ClN5OS+. The van der Waals surface area contributed by atoms with Crippen molar-refractivity contribution in [3.05, 3.63) is 65.4 Å². The summed E-state index contributed by atoms with van der Waals surface area (Å²) in [5.41, 5.74) is 8.84. The number of aromatic amines is 1. The Morgan fingerprint density at radius 1 is 1.21 bits per heavy atom. The van der Waals surface area contributed by atoms with E-state index in [2.05, 4.69) is 22.1 Å². The molecule has 2 aromatic heterocycles. The lowest BCUT2D eigenvalue weighted by Gasteiger charge is -2.03. The molecule has 0 bridgehead atoms. The molecule has 0 amide bonds. The number of anilines is 1. The highest BCUT2D eigenvalue weighted by Crippen LogP contribution is 2.33. The van der Waals surface area contributed by atoms with Crippen molar-refractivity contribution in [1.29, 1.82) is 0 Å². The smallest absolute Gasteiger partial charge is 0.294 e. The van der Waals surface area contributed by atoms with E-state index < -0.39 is 0 Å². The number of nitrogen functional groups attached to an aromatic ring is 1. The van der Waals surface area contributed by atoms with Crippen LogP contribution in [0.15, 0.2) is 64.9 Å². The molecule has 4 rings (SSSR count). The molecule has 3 N–H and O–H groups in total. The Bertz CT molecular complexity index is 1120. The van der Waals surface area contributed by atoms with Crippen LogP contribution in [0.25, 0.3) is 11.2 Å². The van der Waals surface area contributed by atoms with Crippen molar-refractivity contribution in [3.63, 3.8) is 0 Å². The predicted octanol–water partition coefficient (Wildman–Crippen LogP) is 3.88. The molecule has 0 aliphatic heterocycles. The Labute approximate surface area is 171 Å². The fraction of sp³-hybridized carbons (Fsp3) is 0.150. The number of ether oxygens (including phenoxy) is 1. The average molecular weight is 413 g/mol. The van der Waals surface area contributed by atoms with Gasteiger partial charge in [0.25, 0.3) is 5.65 Å². The topological polar surface area (TPSA) is 80.7 Å². The summed E-state index contributed by atoms with van der Waals surface area (Å²) in [6, 6.07) is 16.0. The van der Waals surface area contributed by atoms with Gasteiger partial charge in [-0.2, -0.15) is 0 Å². The highest BCUT2D eigenvalue weighted by Gasteiger charge is 2.19. The summed E-state index contributed by atoms with van der Waals surface area (Å²) in [6.45, 7) is 0.761. The Balaban J connectivity index is 1.60. The van der Waals surface area contributed by atoms with Gasteiger partial charge < -0.3 is 15.5 Å². The van der Waals surface area contributed by atoms with E-state index in [9.17, 15) is 0 Å². The van der Waals surface area contributed by atoms with Crippen LogP contribution in [0.4, 0.5) is 5.82 Å². The number of hydrogen-bond donors (Lipinski definition) is 2. The highest BCUT2D eigenvalue weighted by molar-refractivity contribution is 7.99. The van der Waals surface area contributed by atoms with Crippen LogP contribution >= 0.6 is 23.4 Å². The van der Waals surface area contributed by atoms with Crippen molar-refractivity contribution in [1.82, 2.24) is 15.0 Å². The second kappa shape index (κ2) is 8.08. The van der Waals surface area contributed by atoms with Crippen LogP contribution in [0.1, 0.15) is 5.56 Å². The number of nitrogens with one attached hydrogen (secondary N) is 1. The van der Waals surface area contributed by atoms with Crippen LogP contribution in [-0.2, 0) is 13.0 Å². The molecule has 2 heterocycles. The van der Waals surface area contributed by atoms with E-state index in [1.165, 1.54) is 17.3 Å². The number of rotatable bonds is 6. The molecule has 142 valence electrons. The average Bonchev–Trinajstić information content (AvgIpc) is 3.13. The van der Waals surface area contributed by atoms with E-state index in [-0.39, 0.29) is 0 Å². The number of hydrogen-bond acceptors (Lipinski definition) is 5. The third kappa shape index (κ3) is 3.90. The number of benzene rings is 2. The minimum Gasteiger partial charge on any atom is -0.495 e. The number of nitrogens with two attached hydrogens (primary N) is 1. The first-order valence-corrected chi connectivity index (χ1v) is 9.92. The number of fused-ring (bicyclic) bond motifs is 1. The lowest BCUT2D eigenvalue weighted by Crippen LogP contribution is -2.36. The molecule has 28 heavy (non-hydrogen) atoms. The number of H-pyrrole nitrogens is 1. The molecule has 0 aliphatic carbocycles. The predicted molar refractivity (Wildman–Crippen MR) is 111 cm³/mol. The zero-order chi connectivity index (χ0) is 19.5. The van der Waals surface area contributed by atoms with E-state index in [1.54, 1.807) is 13.4 Å². The van der Waals surface area contributed by atoms with Crippen LogP contribution < -0.4 is 15.0 Å². The van der Waals surface area contributed by atoms with Gasteiger partial charge in [0.15, 0.2) is 5.52 Å². The molecule has 0 aliphatic rings. The van der Waals surface area contributed by atoms with E-state index >= 15 is 0 Å². The molecule has 0 fully saturated rings. The number of halogens is 1. The first kappa shape index (κ1) is 18.6. The quantitative estimate of drug-likeness (QED) is 0.470. The SMILES string of the molecule is COc1ccc(Sc2nc3c([nH]2)c(N)nc[n+]3CCc2ccccc2)cc1Cl. The zero-order valence-corrected chi connectivity index (χ0v) is 16.8. The molecule has 4 aromatic rings. The fourth-order valence-electron chi connectivity index (χ4n) is 2.91. The van der Waals surface area contributed by atoms with Gasteiger partial charge in [-0.25, -0.2) is 4.57 Å². The summed E-state index contributed by atoms with van der Waals surface area (Å²) >= 11 is 7.70. The molecule has 0 spiro atoms. The van der Waals surface area contributed by atoms with Crippen LogP contribution in [0.5, 0.6) is 5.75 Å². The van der Waals surface area contributed by atoms with Crippen molar-refractivity contribution < 1.29 is 9.30 Å². The molecule has 0 saturated heterocycles. The largest absolute Gasteiger partial charge is 0.495 e. The van der Waals surface area contributed by atoms with Gasteiger partial charge in [-0.15, -0.1) is 0 Å². The number of aryl methyl sites for hydroxylation is 2. The van der Waals surface area contributed by atoms with Crippen molar-refractivity contribution >= 4 is 40.3 Å². The second-order valence-electron chi connectivity index (χ2n) is 6.20. The summed E-state index contributed by atoms with van der Waals surface area (Å²) in [5, 5.41) is 1.28. The fourth-order valence-corrected chi connectivity index (χ4v) is 4.05. The number of imidazole rings is 1.